The minimum atomic E-state index is -0.730. The van der Waals surface area contributed by atoms with E-state index in [0.717, 1.165) is 11.1 Å². The molecule has 4 aromatic rings. The maximum absolute atomic E-state index is 14.0. The number of nitrogens with zero attached hydrogens (tertiary/aromatic N) is 2. The Balaban J connectivity index is 1.95. The molecule has 0 saturated carbocycles. The maximum Gasteiger partial charge on any atom is 0.263 e. The zero-order valence-corrected chi connectivity index (χ0v) is 17.3. The van der Waals surface area contributed by atoms with E-state index in [-0.39, 0.29) is 17.0 Å². The second-order valence-corrected chi connectivity index (χ2v) is 7.40. The number of rotatable bonds is 3. The molecule has 1 aromatic heterocycles. The highest BCUT2D eigenvalue weighted by molar-refractivity contribution is 5.89. The van der Waals surface area contributed by atoms with Crippen molar-refractivity contribution in [2.45, 2.75) is 5.92 Å². The third kappa shape index (κ3) is 2.83. The molecule has 0 radical (unpaired) electrons. The Morgan fingerprint density at radius 2 is 1.69 bits per heavy atom. The van der Waals surface area contributed by atoms with E-state index in [1.165, 1.54) is 0 Å². The number of aromatic nitrogens is 1. The Kier molecular flexibility index (Phi) is 4.65. The SMILES string of the molecule is COc1ccccc1C1C(C#N)=C(N)Oc2c1c(=O)n(-c1ccccc1)c1ccccc21. The maximum atomic E-state index is 14.0. The molecule has 2 heterocycles. The van der Waals surface area contributed by atoms with Crippen LogP contribution in [0, 0.1) is 11.3 Å². The van der Waals surface area contributed by atoms with Gasteiger partial charge in [0.15, 0.2) is 0 Å². The zero-order chi connectivity index (χ0) is 22.2. The minimum Gasteiger partial charge on any atom is -0.496 e. The van der Waals surface area contributed by atoms with Gasteiger partial charge in [-0.1, -0.05) is 48.5 Å². The molecule has 156 valence electrons. The van der Waals surface area contributed by atoms with Gasteiger partial charge in [0.05, 0.1) is 24.1 Å². The van der Waals surface area contributed by atoms with Gasteiger partial charge in [-0.25, -0.2) is 0 Å². The van der Waals surface area contributed by atoms with E-state index in [9.17, 15) is 10.1 Å². The van der Waals surface area contributed by atoms with Gasteiger partial charge in [0.2, 0.25) is 5.88 Å². The van der Waals surface area contributed by atoms with Crippen LogP contribution in [0.2, 0.25) is 0 Å². The average molecular weight is 421 g/mol. The molecule has 1 aliphatic rings. The van der Waals surface area contributed by atoms with Gasteiger partial charge in [-0.3, -0.25) is 9.36 Å². The van der Waals surface area contributed by atoms with Crippen molar-refractivity contribution in [3.05, 3.63) is 112 Å². The van der Waals surface area contributed by atoms with Gasteiger partial charge in [-0.05, 0) is 30.3 Å². The lowest BCUT2D eigenvalue weighted by molar-refractivity contribution is 0.388. The molecular weight excluding hydrogens is 402 g/mol. The monoisotopic (exact) mass is 421 g/mol. The summed E-state index contributed by atoms with van der Waals surface area (Å²) in [5.74, 6) is 0.180. The first kappa shape index (κ1) is 19.5. The Labute approximate surface area is 184 Å². The number of allylic oxidation sites excluding steroid dienone is 1. The summed E-state index contributed by atoms with van der Waals surface area (Å²) in [5.41, 5.74) is 8.53. The van der Waals surface area contributed by atoms with E-state index >= 15 is 0 Å². The summed E-state index contributed by atoms with van der Waals surface area (Å²) in [6, 6.07) is 26.4. The van der Waals surface area contributed by atoms with E-state index in [1.807, 2.05) is 72.8 Å². The van der Waals surface area contributed by atoms with Crippen LogP contribution >= 0.6 is 0 Å². The molecule has 5 rings (SSSR count). The van der Waals surface area contributed by atoms with Gasteiger partial charge in [-0.2, -0.15) is 5.26 Å². The molecule has 6 nitrogen and oxygen atoms in total. The number of hydrogen-bond donors (Lipinski definition) is 1. The van der Waals surface area contributed by atoms with Gasteiger partial charge < -0.3 is 15.2 Å². The number of benzene rings is 3. The summed E-state index contributed by atoms with van der Waals surface area (Å²) in [4.78, 5) is 14.0. The molecule has 0 amide bonds. The number of fused-ring (bicyclic) bond motifs is 3. The van der Waals surface area contributed by atoms with E-state index in [2.05, 4.69) is 6.07 Å². The summed E-state index contributed by atoms with van der Waals surface area (Å²) in [6.07, 6.45) is 0. The molecule has 0 aliphatic carbocycles. The second kappa shape index (κ2) is 7.64. The molecule has 2 N–H and O–H groups in total. The first-order chi connectivity index (χ1) is 15.7. The van der Waals surface area contributed by atoms with Crippen molar-refractivity contribution in [3.8, 4) is 23.3 Å². The first-order valence-corrected chi connectivity index (χ1v) is 10.1. The molecule has 1 unspecified atom stereocenters. The van der Waals surface area contributed by atoms with Crippen LogP contribution in [0.1, 0.15) is 17.0 Å². The predicted molar refractivity (Wildman–Crippen MR) is 122 cm³/mol. The number of methoxy groups -OCH3 is 1. The number of ether oxygens (including phenoxy) is 2. The third-order valence-electron chi connectivity index (χ3n) is 5.71. The van der Waals surface area contributed by atoms with Gasteiger partial charge in [0.1, 0.15) is 23.1 Å². The number of pyridine rings is 1. The van der Waals surface area contributed by atoms with Crippen LogP contribution in [0.5, 0.6) is 11.5 Å². The van der Waals surface area contributed by atoms with Crippen molar-refractivity contribution in [3.63, 3.8) is 0 Å². The summed E-state index contributed by atoms with van der Waals surface area (Å²) >= 11 is 0. The molecule has 3 aromatic carbocycles. The predicted octanol–water partition coefficient (Wildman–Crippen LogP) is 4.22. The van der Waals surface area contributed by atoms with Gasteiger partial charge >= 0.3 is 0 Å². The summed E-state index contributed by atoms with van der Waals surface area (Å²) in [6.45, 7) is 0. The van der Waals surface area contributed by atoms with Crippen LogP contribution < -0.4 is 20.8 Å². The van der Waals surface area contributed by atoms with Crippen molar-refractivity contribution >= 4 is 10.9 Å². The van der Waals surface area contributed by atoms with Gasteiger partial charge in [0, 0.05) is 16.6 Å². The van der Waals surface area contributed by atoms with Crippen LogP contribution in [-0.2, 0) is 0 Å². The second-order valence-electron chi connectivity index (χ2n) is 7.40. The van der Waals surface area contributed by atoms with Crippen LogP contribution in [0.3, 0.4) is 0 Å². The number of nitriles is 1. The molecule has 32 heavy (non-hydrogen) atoms. The topological polar surface area (TPSA) is 90.3 Å². The van der Waals surface area contributed by atoms with Crippen molar-refractivity contribution in [2.24, 2.45) is 5.73 Å². The largest absolute Gasteiger partial charge is 0.496 e. The van der Waals surface area contributed by atoms with Crippen molar-refractivity contribution in [1.29, 1.82) is 5.26 Å². The number of para-hydroxylation sites is 3. The molecule has 0 spiro atoms. The Morgan fingerprint density at radius 3 is 2.44 bits per heavy atom. The standard InChI is InChI=1S/C26H19N3O3/c1-31-21-14-8-6-12-18(21)22-19(15-27)25(28)32-24-17-11-5-7-13-20(17)29(26(30)23(22)24)16-9-3-2-4-10-16/h2-14,22H,28H2,1H3. The normalized spacial score (nSPS) is 15.1. The highest BCUT2D eigenvalue weighted by atomic mass is 16.5. The highest BCUT2D eigenvalue weighted by Crippen LogP contribution is 2.45. The third-order valence-corrected chi connectivity index (χ3v) is 5.71. The summed E-state index contributed by atoms with van der Waals surface area (Å²) in [5, 5.41) is 10.7. The lowest BCUT2D eigenvalue weighted by atomic mass is 9.83. The van der Waals surface area contributed by atoms with E-state index in [1.54, 1.807) is 17.7 Å². The average Bonchev–Trinajstić information content (AvgIpc) is 2.84. The lowest BCUT2D eigenvalue weighted by Crippen LogP contribution is -2.31. The van der Waals surface area contributed by atoms with Gasteiger partial charge in [-0.15, -0.1) is 0 Å². The van der Waals surface area contributed by atoms with Crippen molar-refractivity contribution in [2.75, 3.05) is 7.11 Å². The molecule has 1 aliphatic heterocycles. The first-order valence-electron chi connectivity index (χ1n) is 10.1. The Hall–Kier alpha value is -4.50. The molecule has 6 heteroatoms. The highest BCUT2D eigenvalue weighted by Gasteiger charge is 2.37. The molecular formula is C26H19N3O3. The summed E-state index contributed by atoms with van der Waals surface area (Å²) < 4.78 is 13.1. The van der Waals surface area contributed by atoms with Crippen molar-refractivity contribution < 1.29 is 9.47 Å². The molecule has 1 atom stereocenters. The fourth-order valence-corrected chi connectivity index (χ4v) is 4.32. The molecule has 0 bridgehead atoms. The minimum absolute atomic E-state index is 0.0158. The van der Waals surface area contributed by atoms with E-state index < -0.39 is 5.92 Å². The lowest BCUT2D eigenvalue weighted by Gasteiger charge is -2.29. The van der Waals surface area contributed by atoms with Gasteiger partial charge in [0.25, 0.3) is 5.56 Å². The molecule has 0 saturated heterocycles. The molecule has 0 fully saturated rings. The van der Waals surface area contributed by atoms with Crippen LogP contribution in [-0.4, -0.2) is 11.7 Å². The zero-order valence-electron chi connectivity index (χ0n) is 17.3. The fourth-order valence-electron chi connectivity index (χ4n) is 4.32. The Morgan fingerprint density at radius 1 is 1.00 bits per heavy atom. The number of hydrogen-bond acceptors (Lipinski definition) is 5. The van der Waals surface area contributed by atoms with Crippen LogP contribution in [0.4, 0.5) is 0 Å². The summed E-state index contributed by atoms with van der Waals surface area (Å²) in [7, 11) is 1.56. The van der Waals surface area contributed by atoms with Crippen molar-refractivity contribution in [1.82, 2.24) is 4.57 Å². The van der Waals surface area contributed by atoms with E-state index in [0.29, 0.717) is 28.1 Å². The fraction of sp³-hybridized carbons (Fsp3) is 0.0769. The van der Waals surface area contributed by atoms with Crippen LogP contribution in [0.25, 0.3) is 16.6 Å². The number of nitrogens with two attached hydrogens (primary N) is 1. The Bertz CT molecular complexity index is 1480. The quantitative estimate of drug-likeness (QED) is 0.535. The smallest absolute Gasteiger partial charge is 0.263 e. The van der Waals surface area contributed by atoms with E-state index in [4.69, 9.17) is 15.2 Å². The van der Waals surface area contributed by atoms with Crippen LogP contribution in [0.15, 0.2) is 95.1 Å².